The molecule has 0 heterocycles. The van der Waals surface area contributed by atoms with E-state index in [0.717, 1.165) is 40.2 Å². The van der Waals surface area contributed by atoms with Crippen LogP contribution in [0.25, 0.3) is 0 Å². The maximum atomic E-state index is 12.6. The number of benzene rings is 2. The van der Waals surface area contributed by atoms with Crippen LogP contribution in [0.5, 0.6) is 11.5 Å². The highest BCUT2D eigenvalue weighted by Gasteiger charge is 2.20. The Morgan fingerprint density at radius 3 is 2.42 bits per heavy atom. The lowest BCUT2D eigenvalue weighted by molar-refractivity contribution is -0.128. The van der Waals surface area contributed by atoms with Gasteiger partial charge in [0.2, 0.25) is 0 Å². The molecule has 1 N–H and O–H groups in total. The van der Waals surface area contributed by atoms with E-state index in [1.807, 2.05) is 51.1 Å². The van der Waals surface area contributed by atoms with Gasteiger partial charge in [-0.2, -0.15) is 0 Å². The molecule has 4 heteroatoms. The van der Waals surface area contributed by atoms with E-state index in [-0.39, 0.29) is 11.9 Å². The summed E-state index contributed by atoms with van der Waals surface area (Å²) in [5.74, 6) is 1.48. The molecule has 140 valence electrons. The number of aryl methyl sites for hydroxylation is 2. The maximum absolute atomic E-state index is 12.6. The molecule has 0 fully saturated rings. The summed E-state index contributed by atoms with van der Waals surface area (Å²) in [5, 5.41) is 3.10. The fraction of sp³-hybridized carbons (Fsp3) is 0.409. The van der Waals surface area contributed by atoms with E-state index in [1.165, 1.54) is 0 Å². The van der Waals surface area contributed by atoms with Gasteiger partial charge in [0.05, 0.1) is 13.2 Å². The van der Waals surface area contributed by atoms with Crippen molar-refractivity contribution in [2.75, 3.05) is 7.11 Å². The second kappa shape index (κ2) is 8.75. The summed E-state index contributed by atoms with van der Waals surface area (Å²) in [7, 11) is 1.66. The van der Waals surface area contributed by atoms with Gasteiger partial charge >= 0.3 is 0 Å². The van der Waals surface area contributed by atoms with Gasteiger partial charge in [-0.05, 0) is 68.5 Å². The maximum Gasteiger partial charge on any atom is 0.261 e. The fourth-order valence-electron chi connectivity index (χ4n) is 2.92. The van der Waals surface area contributed by atoms with Crippen LogP contribution in [-0.4, -0.2) is 19.1 Å². The Balaban J connectivity index is 2.08. The average Bonchev–Trinajstić information content (AvgIpc) is 2.63. The van der Waals surface area contributed by atoms with Crippen LogP contribution >= 0.6 is 0 Å². The lowest BCUT2D eigenvalue weighted by Gasteiger charge is -2.22. The van der Waals surface area contributed by atoms with Gasteiger partial charge < -0.3 is 14.8 Å². The SMILES string of the molecule is CC[C@@H](NC(=O)[C@H](C)Oc1cccc(C)c1C)c1ccc(OC)c(C)c1. The van der Waals surface area contributed by atoms with Crippen molar-refractivity contribution in [3.8, 4) is 11.5 Å². The van der Waals surface area contributed by atoms with Crippen molar-refractivity contribution in [1.29, 1.82) is 0 Å². The summed E-state index contributed by atoms with van der Waals surface area (Å²) in [6.45, 7) is 9.88. The largest absolute Gasteiger partial charge is 0.496 e. The second-order valence-corrected chi connectivity index (χ2v) is 6.66. The smallest absolute Gasteiger partial charge is 0.261 e. The second-order valence-electron chi connectivity index (χ2n) is 6.66. The summed E-state index contributed by atoms with van der Waals surface area (Å²) in [6, 6.07) is 11.8. The number of methoxy groups -OCH3 is 1. The van der Waals surface area contributed by atoms with Crippen LogP contribution in [-0.2, 0) is 4.79 Å². The Kier molecular flexibility index (Phi) is 6.67. The molecule has 0 aromatic heterocycles. The molecule has 1 amide bonds. The molecular formula is C22H29NO3. The first-order valence-corrected chi connectivity index (χ1v) is 9.05. The monoisotopic (exact) mass is 355 g/mol. The zero-order valence-electron chi connectivity index (χ0n) is 16.6. The molecule has 0 saturated heterocycles. The summed E-state index contributed by atoms with van der Waals surface area (Å²) >= 11 is 0. The van der Waals surface area contributed by atoms with Gasteiger partial charge in [0.1, 0.15) is 11.5 Å². The summed E-state index contributed by atoms with van der Waals surface area (Å²) in [5.41, 5.74) is 4.33. The van der Waals surface area contributed by atoms with Gasteiger partial charge in [-0.1, -0.05) is 31.2 Å². The summed E-state index contributed by atoms with van der Waals surface area (Å²) < 4.78 is 11.2. The molecule has 0 bridgehead atoms. The minimum absolute atomic E-state index is 0.0586. The van der Waals surface area contributed by atoms with Gasteiger partial charge in [-0.25, -0.2) is 0 Å². The minimum atomic E-state index is -0.566. The summed E-state index contributed by atoms with van der Waals surface area (Å²) in [4.78, 5) is 12.6. The highest BCUT2D eigenvalue weighted by Crippen LogP contribution is 2.25. The Morgan fingerprint density at radius 1 is 1.08 bits per heavy atom. The lowest BCUT2D eigenvalue weighted by Crippen LogP contribution is -2.38. The lowest BCUT2D eigenvalue weighted by atomic mass is 10.0. The highest BCUT2D eigenvalue weighted by atomic mass is 16.5. The van der Waals surface area contributed by atoms with Crippen molar-refractivity contribution in [1.82, 2.24) is 5.32 Å². The number of carbonyl (C=O) groups excluding carboxylic acids is 1. The number of rotatable bonds is 7. The third kappa shape index (κ3) is 4.57. The molecule has 0 saturated carbocycles. The third-order valence-electron chi connectivity index (χ3n) is 4.77. The minimum Gasteiger partial charge on any atom is -0.496 e. The molecule has 26 heavy (non-hydrogen) atoms. The quantitative estimate of drug-likeness (QED) is 0.786. The van der Waals surface area contributed by atoms with Crippen LogP contribution in [0.1, 0.15) is 48.6 Å². The first-order valence-electron chi connectivity index (χ1n) is 9.05. The number of amides is 1. The number of nitrogens with one attached hydrogen (secondary N) is 1. The van der Waals surface area contributed by atoms with Crippen LogP contribution in [0.3, 0.4) is 0 Å². The van der Waals surface area contributed by atoms with Crippen molar-refractivity contribution >= 4 is 5.91 Å². The van der Waals surface area contributed by atoms with E-state index < -0.39 is 6.10 Å². The van der Waals surface area contributed by atoms with Crippen molar-refractivity contribution in [2.45, 2.75) is 53.2 Å². The molecule has 2 atom stereocenters. The van der Waals surface area contributed by atoms with E-state index in [2.05, 4.69) is 18.3 Å². The van der Waals surface area contributed by atoms with E-state index >= 15 is 0 Å². The zero-order chi connectivity index (χ0) is 19.3. The van der Waals surface area contributed by atoms with E-state index in [1.54, 1.807) is 14.0 Å². The van der Waals surface area contributed by atoms with Gasteiger partial charge in [0.15, 0.2) is 6.10 Å². The number of hydrogen-bond acceptors (Lipinski definition) is 3. The Bertz CT molecular complexity index is 770. The molecule has 2 aromatic carbocycles. The predicted molar refractivity (Wildman–Crippen MR) is 105 cm³/mol. The van der Waals surface area contributed by atoms with Crippen LogP contribution in [0, 0.1) is 20.8 Å². The van der Waals surface area contributed by atoms with Crippen LogP contribution in [0.15, 0.2) is 36.4 Å². The molecule has 0 aliphatic heterocycles. The average molecular weight is 355 g/mol. The summed E-state index contributed by atoms with van der Waals surface area (Å²) in [6.07, 6.45) is 0.233. The van der Waals surface area contributed by atoms with Crippen molar-refractivity contribution < 1.29 is 14.3 Å². The predicted octanol–water partition coefficient (Wildman–Crippen LogP) is 4.66. The van der Waals surface area contributed by atoms with Crippen LogP contribution in [0.2, 0.25) is 0 Å². The molecule has 0 unspecified atom stereocenters. The molecule has 2 aromatic rings. The van der Waals surface area contributed by atoms with Crippen LogP contribution in [0.4, 0.5) is 0 Å². The van der Waals surface area contributed by atoms with Gasteiger partial charge in [-0.15, -0.1) is 0 Å². The fourth-order valence-corrected chi connectivity index (χ4v) is 2.92. The first-order chi connectivity index (χ1) is 12.4. The topological polar surface area (TPSA) is 47.6 Å². The molecular weight excluding hydrogens is 326 g/mol. The molecule has 0 aliphatic carbocycles. The number of ether oxygens (including phenoxy) is 2. The normalized spacial score (nSPS) is 13.0. The Hall–Kier alpha value is -2.49. The number of hydrogen-bond donors (Lipinski definition) is 1. The van der Waals surface area contributed by atoms with Gasteiger partial charge in [0, 0.05) is 0 Å². The molecule has 0 spiro atoms. The Morgan fingerprint density at radius 2 is 1.81 bits per heavy atom. The van der Waals surface area contributed by atoms with E-state index in [4.69, 9.17) is 9.47 Å². The van der Waals surface area contributed by atoms with Crippen molar-refractivity contribution in [2.24, 2.45) is 0 Å². The molecule has 2 rings (SSSR count). The van der Waals surface area contributed by atoms with Crippen molar-refractivity contribution in [3.05, 3.63) is 58.7 Å². The zero-order valence-corrected chi connectivity index (χ0v) is 16.6. The standard InChI is InChI=1S/C22H29NO3/c1-7-19(18-11-12-20(25-6)15(3)13-18)23-22(24)17(5)26-21-10-8-9-14(2)16(21)4/h8-13,17,19H,7H2,1-6H3,(H,23,24)/t17-,19+/m0/s1. The van der Waals surface area contributed by atoms with E-state index in [0.29, 0.717) is 0 Å². The Labute approximate surface area is 156 Å². The first kappa shape index (κ1) is 19.8. The molecule has 4 nitrogen and oxygen atoms in total. The van der Waals surface area contributed by atoms with Crippen molar-refractivity contribution in [3.63, 3.8) is 0 Å². The van der Waals surface area contributed by atoms with E-state index in [9.17, 15) is 4.79 Å². The van der Waals surface area contributed by atoms with Crippen LogP contribution < -0.4 is 14.8 Å². The third-order valence-corrected chi connectivity index (χ3v) is 4.77. The molecule has 0 aliphatic rings. The number of carbonyl (C=O) groups is 1. The molecule has 0 radical (unpaired) electrons. The van der Waals surface area contributed by atoms with Gasteiger partial charge in [0.25, 0.3) is 5.91 Å². The highest BCUT2D eigenvalue weighted by molar-refractivity contribution is 5.81. The van der Waals surface area contributed by atoms with Gasteiger partial charge in [-0.3, -0.25) is 4.79 Å².